The second-order valence-corrected chi connectivity index (χ2v) is 7.55. The Morgan fingerprint density at radius 2 is 1.93 bits per heavy atom. The molecule has 2 amide bonds. The van der Waals surface area contributed by atoms with Crippen LogP contribution in [0.2, 0.25) is 0 Å². The maximum atomic E-state index is 12.6. The lowest BCUT2D eigenvalue weighted by Crippen LogP contribution is -2.56. The fraction of sp³-hybridized carbons (Fsp3) is 0.619. The number of benzene rings is 1. The first-order valence-electron chi connectivity index (χ1n) is 9.99. The molecule has 0 aliphatic carbocycles. The highest BCUT2D eigenvalue weighted by atomic mass is 16.4. The van der Waals surface area contributed by atoms with Crippen LogP contribution in [0.3, 0.4) is 0 Å². The van der Waals surface area contributed by atoms with E-state index in [2.05, 4.69) is 43.5 Å². The summed E-state index contributed by atoms with van der Waals surface area (Å²) in [6, 6.07) is 10.3. The highest BCUT2D eigenvalue weighted by Gasteiger charge is 2.31. The Labute approximate surface area is 162 Å². The molecule has 1 aliphatic rings. The van der Waals surface area contributed by atoms with Crippen LogP contribution in [0.15, 0.2) is 30.3 Å². The van der Waals surface area contributed by atoms with Gasteiger partial charge in [-0.25, -0.2) is 4.79 Å². The van der Waals surface area contributed by atoms with Gasteiger partial charge in [0.05, 0.1) is 5.92 Å². The number of rotatable bonds is 8. The minimum atomic E-state index is -0.817. The Bertz CT molecular complexity index is 616. The third kappa shape index (κ3) is 5.70. The summed E-state index contributed by atoms with van der Waals surface area (Å²) in [6.07, 6.45) is 3.15. The second kappa shape index (κ2) is 9.74. The summed E-state index contributed by atoms with van der Waals surface area (Å²) < 4.78 is 0. The van der Waals surface area contributed by atoms with Crippen molar-refractivity contribution in [3.8, 4) is 0 Å². The first-order chi connectivity index (χ1) is 12.9. The Kier molecular flexibility index (Phi) is 7.66. The monoisotopic (exact) mass is 375 g/mol. The van der Waals surface area contributed by atoms with Crippen molar-refractivity contribution in [2.24, 2.45) is 5.92 Å². The molecule has 1 heterocycles. The van der Waals surface area contributed by atoms with E-state index in [9.17, 15) is 14.7 Å². The molecule has 1 aliphatic heterocycles. The molecule has 0 spiro atoms. The van der Waals surface area contributed by atoms with Gasteiger partial charge in [0.1, 0.15) is 0 Å². The fourth-order valence-corrected chi connectivity index (χ4v) is 3.76. The number of likely N-dealkylation sites (tertiary alicyclic amines) is 1. The number of nitrogens with one attached hydrogen (secondary N) is 2. The van der Waals surface area contributed by atoms with Crippen molar-refractivity contribution in [1.82, 2.24) is 15.5 Å². The van der Waals surface area contributed by atoms with Crippen molar-refractivity contribution in [3.63, 3.8) is 0 Å². The lowest BCUT2D eigenvalue weighted by Gasteiger charge is -2.38. The number of carbonyl (C=O) groups excluding carboxylic acids is 1. The van der Waals surface area contributed by atoms with Crippen molar-refractivity contribution in [2.45, 2.75) is 58.0 Å². The van der Waals surface area contributed by atoms with Crippen LogP contribution in [0.5, 0.6) is 0 Å². The van der Waals surface area contributed by atoms with Crippen molar-refractivity contribution in [3.05, 3.63) is 35.9 Å². The van der Waals surface area contributed by atoms with E-state index in [-0.39, 0.29) is 17.6 Å². The van der Waals surface area contributed by atoms with Crippen molar-refractivity contribution in [2.75, 3.05) is 19.6 Å². The number of piperidine rings is 1. The van der Waals surface area contributed by atoms with Crippen molar-refractivity contribution < 1.29 is 14.7 Å². The number of nitrogens with zero attached hydrogens (tertiary/aromatic N) is 1. The number of carboxylic acids is 1. The van der Waals surface area contributed by atoms with Crippen LogP contribution in [-0.4, -0.2) is 47.2 Å². The molecule has 6 heteroatoms. The lowest BCUT2D eigenvalue weighted by atomic mass is 9.90. The van der Waals surface area contributed by atoms with Gasteiger partial charge in [0.15, 0.2) is 0 Å². The Balaban J connectivity index is 1.96. The highest BCUT2D eigenvalue weighted by Crippen LogP contribution is 2.22. The summed E-state index contributed by atoms with van der Waals surface area (Å²) in [7, 11) is 0. The van der Waals surface area contributed by atoms with Crippen LogP contribution >= 0.6 is 0 Å². The maximum Gasteiger partial charge on any atom is 0.317 e. The van der Waals surface area contributed by atoms with Gasteiger partial charge >= 0.3 is 12.0 Å². The van der Waals surface area contributed by atoms with Gasteiger partial charge in [-0.05, 0) is 38.2 Å². The normalized spacial score (nSPS) is 18.8. The van der Waals surface area contributed by atoms with Gasteiger partial charge in [-0.3, -0.25) is 4.79 Å². The number of urea groups is 1. The molecule has 0 bridgehead atoms. The van der Waals surface area contributed by atoms with Crippen LogP contribution in [-0.2, 0) is 4.79 Å². The van der Waals surface area contributed by atoms with E-state index in [0.29, 0.717) is 26.1 Å². The number of hydrogen-bond acceptors (Lipinski definition) is 3. The molecule has 27 heavy (non-hydrogen) atoms. The van der Waals surface area contributed by atoms with E-state index in [1.165, 1.54) is 5.56 Å². The summed E-state index contributed by atoms with van der Waals surface area (Å²) in [5, 5.41) is 16.0. The van der Waals surface area contributed by atoms with Gasteiger partial charge in [-0.1, -0.05) is 44.2 Å². The summed E-state index contributed by atoms with van der Waals surface area (Å²) >= 11 is 0. The summed E-state index contributed by atoms with van der Waals surface area (Å²) in [5.74, 6) is -1.27. The predicted octanol–water partition coefficient (Wildman–Crippen LogP) is 3.40. The van der Waals surface area contributed by atoms with Crippen LogP contribution in [0.25, 0.3) is 0 Å². The zero-order valence-corrected chi connectivity index (χ0v) is 16.7. The summed E-state index contributed by atoms with van der Waals surface area (Å²) in [4.78, 5) is 25.5. The van der Waals surface area contributed by atoms with Gasteiger partial charge in [-0.2, -0.15) is 0 Å². The number of amides is 2. The van der Waals surface area contributed by atoms with E-state index in [1.54, 1.807) is 4.90 Å². The minimum absolute atomic E-state index is 0.165. The zero-order valence-electron chi connectivity index (χ0n) is 16.7. The molecule has 0 radical (unpaired) electrons. The number of carboxylic acid groups (broad SMARTS) is 1. The van der Waals surface area contributed by atoms with Gasteiger partial charge in [-0.15, -0.1) is 0 Å². The van der Waals surface area contributed by atoms with Crippen LogP contribution in [0, 0.1) is 5.92 Å². The Morgan fingerprint density at radius 1 is 1.26 bits per heavy atom. The average molecular weight is 376 g/mol. The molecule has 2 atom stereocenters. The topological polar surface area (TPSA) is 81.7 Å². The van der Waals surface area contributed by atoms with Gasteiger partial charge in [0, 0.05) is 31.2 Å². The quantitative estimate of drug-likeness (QED) is 0.650. The zero-order chi connectivity index (χ0) is 19.9. The predicted molar refractivity (Wildman–Crippen MR) is 107 cm³/mol. The number of hydrogen-bond donors (Lipinski definition) is 3. The van der Waals surface area contributed by atoms with Crippen LogP contribution < -0.4 is 10.6 Å². The third-order valence-corrected chi connectivity index (χ3v) is 5.81. The smallest absolute Gasteiger partial charge is 0.317 e. The van der Waals surface area contributed by atoms with E-state index in [1.807, 2.05) is 18.2 Å². The molecule has 2 unspecified atom stereocenters. The number of carbonyl (C=O) groups is 2. The van der Waals surface area contributed by atoms with Crippen molar-refractivity contribution in [1.29, 1.82) is 0 Å². The molecule has 3 N–H and O–H groups in total. The first kappa shape index (κ1) is 21.2. The molecule has 1 aromatic rings. The van der Waals surface area contributed by atoms with Gasteiger partial charge < -0.3 is 20.6 Å². The maximum absolute atomic E-state index is 12.6. The number of aliphatic carboxylic acids is 1. The van der Waals surface area contributed by atoms with Crippen LogP contribution in [0.4, 0.5) is 4.79 Å². The molecule has 0 aromatic heterocycles. The second-order valence-electron chi connectivity index (χ2n) is 7.55. The highest BCUT2D eigenvalue weighted by molar-refractivity contribution is 5.76. The SMILES string of the molecule is CCC(CC)(CNC(=O)N1CCCC(C(=O)O)C1)NC(C)c1ccccc1. The molecule has 1 fully saturated rings. The summed E-state index contributed by atoms with van der Waals surface area (Å²) in [5.41, 5.74) is 1.02. The Morgan fingerprint density at radius 3 is 2.52 bits per heavy atom. The van der Waals surface area contributed by atoms with E-state index in [4.69, 9.17) is 0 Å². The van der Waals surface area contributed by atoms with Crippen LogP contribution in [0.1, 0.15) is 58.1 Å². The average Bonchev–Trinajstić information content (AvgIpc) is 2.71. The fourth-order valence-electron chi connectivity index (χ4n) is 3.76. The molecule has 1 saturated heterocycles. The van der Waals surface area contributed by atoms with E-state index >= 15 is 0 Å². The van der Waals surface area contributed by atoms with E-state index < -0.39 is 11.9 Å². The molecule has 0 saturated carbocycles. The molecule has 2 rings (SSSR count). The molecule has 1 aromatic carbocycles. The molecule has 150 valence electrons. The Hall–Kier alpha value is -2.08. The standard InChI is InChI=1S/C21H33N3O3/c1-4-21(5-2,23-16(3)17-10-7-6-8-11-17)15-22-20(27)24-13-9-12-18(14-24)19(25)26/h6-8,10-11,16,18,23H,4-5,9,12-15H2,1-3H3,(H,22,27)(H,25,26). The van der Waals surface area contributed by atoms with E-state index in [0.717, 1.165) is 19.3 Å². The molecule has 6 nitrogen and oxygen atoms in total. The summed E-state index contributed by atoms with van der Waals surface area (Å²) in [6.45, 7) is 7.82. The van der Waals surface area contributed by atoms with Gasteiger partial charge in [0.25, 0.3) is 0 Å². The third-order valence-electron chi connectivity index (χ3n) is 5.81. The first-order valence-corrected chi connectivity index (χ1v) is 9.99. The molecular formula is C21H33N3O3. The van der Waals surface area contributed by atoms with Crippen molar-refractivity contribution >= 4 is 12.0 Å². The van der Waals surface area contributed by atoms with Gasteiger partial charge in [0.2, 0.25) is 0 Å². The lowest BCUT2D eigenvalue weighted by molar-refractivity contribution is -0.143. The largest absolute Gasteiger partial charge is 0.481 e. The molecular weight excluding hydrogens is 342 g/mol. The minimum Gasteiger partial charge on any atom is -0.481 e.